The number of hydrogen-bond donors (Lipinski definition) is 0. The monoisotopic (exact) mass is 507 g/mol. The number of methoxy groups -OCH3 is 1. The van der Waals surface area contributed by atoms with Crippen LogP contribution in [0.5, 0.6) is 5.75 Å². The topological polar surface area (TPSA) is 79.2 Å². The Labute approximate surface area is 219 Å². The van der Waals surface area contributed by atoms with E-state index in [4.69, 9.17) is 14.2 Å². The molecule has 0 bridgehead atoms. The Kier molecular flexibility index (Phi) is 9.37. The van der Waals surface area contributed by atoms with Gasteiger partial charge in [-0.25, -0.2) is 9.80 Å². The summed E-state index contributed by atoms with van der Waals surface area (Å²) in [5.74, 6) is 0.522. The molecule has 0 spiro atoms. The molecule has 4 rings (SSSR count). The van der Waals surface area contributed by atoms with Gasteiger partial charge in [0.2, 0.25) is 0 Å². The number of anilines is 1. The first-order valence-corrected chi connectivity index (χ1v) is 13.0. The van der Waals surface area contributed by atoms with Gasteiger partial charge in [0.15, 0.2) is 0 Å². The van der Waals surface area contributed by atoms with E-state index in [2.05, 4.69) is 59.5 Å². The number of fused-ring (bicyclic) bond motifs is 1. The van der Waals surface area contributed by atoms with Crippen molar-refractivity contribution in [3.05, 3.63) is 53.6 Å². The van der Waals surface area contributed by atoms with E-state index >= 15 is 0 Å². The number of unbranched alkanes of at least 4 members (excludes halogenated alkanes) is 1. The highest BCUT2D eigenvalue weighted by Crippen LogP contribution is 2.33. The lowest BCUT2D eigenvalue weighted by Crippen LogP contribution is -2.37. The summed E-state index contributed by atoms with van der Waals surface area (Å²) in [7, 11) is 1.42. The van der Waals surface area contributed by atoms with Crippen LogP contribution < -0.4 is 9.64 Å². The molecular formula is C28H37N5O4. The summed E-state index contributed by atoms with van der Waals surface area (Å²) in [5, 5.41) is 12.3. The van der Waals surface area contributed by atoms with Crippen LogP contribution in [0.4, 0.5) is 5.69 Å². The fourth-order valence-electron chi connectivity index (χ4n) is 4.31. The minimum atomic E-state index is -0.295. The van der Waals surface area contributed by atoms with Crippen LogP contribution in [0, 0.1) is 0 Å². The van der Waals surface area contributed by atoms with E-state index < -0.39 is 0 Å². The van der Waals surface area contributed by atoms with Crippen molar-refractivity contribution in [2.45, 2.75) is 33.1 Å². The van der Waals surface area contributed by atoms with Gasteiger partial charge in [-0.1, -0.05) is 36.8 Å². The third-order valence-corrected chi connectivity index (χ3v) is 6.44. The molecule has 2 aromatic carbocycles. The molecule has 0 N–H and O–H groups in total. The maximum atomic E-state index is 12.4. The third-order valence-electron chi connectivity index (χ3n) is 6.44. The maximum absolute atomic E-state index is 12.4. The molecule has 9 nitrogen and oxygen atoms in total. The first-order chi connectivity index (χ1) is 18.1. The van der Waals surface area contributed by atoms with E-state index in [1.165, 1.54) is 7.11 Å². The summed E-state index contributed by atoms with van der Waals surface area (Å²) in [6.45, 7) is 8.83. The van der Waals surface area contributed by atoms with Crippen molar-refractivity contribution in [2.75, 3.05) is 58.3 Å². The predicted octanol–water partition coefficient (Wildman–Crippen LogP) is 5.15. The number of benzene rings is 2. The van der Waals surface area contributed by atoms with Crippen molar-refractivity contribution in [1.29, 1.82) is 0 Å². The summed E-state index contributed by atoms with van der Waals surface area (Å²) in [5.41, 5.74) is 4.82. The molecule has 9 heteroatoms. The van der Waals surface area contributed by atoms with Crippen LogP contribution in [0.15, 0.2) is 58.5 Å². The average molecular weight is 508 g/mol. The van der Waals surface area contributed by atoms with Crippen LogP contribution in [0.25, 0.3) is 17.2 Å². The Morgan fingerprint density at radius 1 is 0.973 bits per heavy atom. The van der Waals surface area contributed by atoms with Crippen molar-refractivity contribution in [1.82, 2.24) is 10.0 Å². The molecule has 2 aliphatic rings. The Bertz CT molecular complexity index is 1100. The van der Waals surface area contributed by atoms with Crippen LogP contribution in [0.3, 0.4) is 0 Å². The lowest BCUT2D eigenvalue weighted by molar-refractivity contribution is -0.136. The fraction of sp³-hybridized carbons (Fsp3) is 0.464. The van der Waals surface area contributed by atoms with Gasteiger partial charge >= 0.3 is 5.97 Å². The zero-order valence-corrected chi connectivity index (χ0v) is 22.1. The standard InChI is InChI=1S/C28H37N5O4/c1-4-6-15-36-16-17-37-26-10-7-22(8-11-26)23-9-12-27-25(18-23)19-24(28(34)35-3)13-14-31(27)20-33-21-32(5-2)29-30-33/h7-12,18-19H,4-6,13-17,20-21H2,1-3H3. The molecule has 37 heavy (non-hydrogen) atoms. The van der Waals surface area contributed by atoms with Crippen molar-refractivity contribution >= 4 is 17.7 Å². The number of rotatable bonds is 12. The zero-order valence-electron chi connectivity index (χ0n) is 22.1. The highest BCUT2D eigenvalue weighted by Gasteiger charge is 2.23. The molecule has 0 aromatic heterocycles. The van der Waals surface area contributed by atoms with Crippen LogP contribution in [0.1, 0.15) is 38.7 Å². The van der Waals surface area contributed by atoms with Gasteiger partial charge in [0.05, 0.1) is 13.7 Å². The van der Waals surface area contributed by atoms with Crippen molar-refractivity contribution in [2.24, 2.45) is 10.4 Å². The molecule has 0 radical (unpaired) electrons. The lowest BCUT2D eigenvalue weighted by atomic mass is 10.0. The summed E-state index contributed by atoms with van der Waals surface area (Å²) in [6, 6.07) is 14.4. The largest absolute Gasteiger partial charge is 0.491 e. The van der Waals surface area contributed by atoms with Gasteiger partial charge in [0.1, 0.15) is 25.7 Å². The van der Waals surface area contributed by atoms with Gasteiger partial charge in [-0.15, -0.1) is 0 Å². The minimum absolute atomic E-state index is 0.295. The highest BCUT2D eigenvalue weighted by atomic mass is 16.5. The normalized spacial score (nSPS) is 14.9. The first kappa shape index (κ1) is 26.5. The second kappa shape index (κ2) is 13.1. The number of carbonyl (C=O) groups excluding carboxylic acids is 1. The van der Waals surface area contributed by atoms with E-state index in [-0.39, 0.29) is 5.97 Å². The molecule has 2 aromatic rings. The maximum Gasteiger partial charge on any atom is 0.333 e. The fourth-order valence-corrected chi connectivity index (χ4v) is 4.31. The predicted molar refractivity (Wildman–Crippen MR) is 144 cm³/mol. The summed E-state index contributed by atoms with van der Waals surface area (Å²) in [4.78, 5) is 14.7. The van der Waals surface area contributed by atoms with Crippen molar-refractivity contribution in [3.8, 4) is 16.9 Å². The number of carbonyl (C=O) groups is 1. The van der Waals surface area contributed by atoms with E-state index in [0.717, 1.165) is 54.1 Å². The molecule has 0 saturated heterocycles. The quantitative estimate of drug-likeness (QED) is 0.290. The highest BCUT2D eigenvalue weighted by molar-refractivity contribution is 5.96. The zero-order chi connectivity index (χ0) is 26.0. The smallest absolute Gasteiger partial charge is 0.333 e. The van der Waals surface area contributed by atoms with E-state index in [0.29, 0.717) is 45.1 Å². The van der Waals surface area contributed by atoms with E-state index in [1.807, 2.05) is 28.2 Å². The summed E-state index contributed by atoms with van der Waals surface area (Å²) < 4.78 is 16.4. The van der Waals surface area contributed by atoms with E-state index in [1.54, 1.807) is 0 Å². The molecule has 0 fully saturated rings. The van der Waals surface area contributed by atoms with Gasteiger partial charge in [0.25, 0.3) is 0 Å². The Morgan fingerprint density at radius 3 is 2.49 bits per heavy atom. The summed E-state index contributed by atoms with van der Waals surface area (Å²) in [6.07, 6.45) is 4.74. The number of ether oxygens (including phenoxy) is 3. The molecule has 0 amide bonds. The molecule has 2 heterocycles. The van der Waals surface area contributed by atoms with Gasteiger partial charge in [-0.05, 0) is 72.0 Å². The van der Waals surface area contributed by atoms with Crippen LogP contribution in [0.2, 0.25) is 0 Å². The molecule has 2 aliphatic heterocycles. The number of hydrogen-bond acceptors (Lipinski definition) is 9. The Morgan fingerprint density at radius 2 is 1.76 bits per heavy atom. The molecule has 0 unspecified atom stereocenters. The van der Waals surface area contributed by atoms with Gasteiger partial charge in [0, 0.05) is 31.0 Å². The van der Waals surface area contributed by atoms with Crippen LogP contribution in [-0.2, 0) is 14.3 Å². The second-order valence-corrected chi connectivity index (χ2v) is 9.08. The molecule has 0 atom stereocenters. The number of nitrogens with zero attached hydrogens (tertiary/aromatic N) is 5. The van der Waals surface area contributed by atoms with Gasteiger partial charge in [-0.2, -0.15) is 0 Å². The minimum Gasteiger partial charge on any atom is -0.491 e. The van der Waals surface area contributed by atoms with E-state index in [9.17, 15) is 4.79 Å². The second-order valence-electron chi connectivity index (χ2n) is 9.08. The van der Waals surface area contributed by atoms with Gasteiger partial charge in [-0.3, -0.25) is 5.01 Å². The Hall–Kier alpha value is -3.59. The Balaban J connectivity index is 1.49. The first-order valence-electron chi connectivity index (χ1n) is 13.0. The molecule has 0 saturated carbocycles. The molecule has 198 valence electrons. The van der Waals surface area contributed by atoms with Crippen LogP contribution >= 0.6 is 0 Å². The van der Waals surface area contributed by atoms with Crippen LogP contribution in [-0.4, -0.2) is 69.3 Å². The third kappa shape index (κ3) is 7.01. The molecule has 0 aliphatic carbocycles. The molecular weight excluding hydrogens is 470 g/mol. The van der Waals surface area contributed by atoms with Crippen molar-refractivity contribution in [3.63, 3.8) is 0 Å². The van der Waals surface area contributed by atoms with Gasteiger partial charge < -0.3 is 19.1 Å². The van der Waals surface area contributed by atoms with Crippen molar-refractivity contribution < 1.29 is 19.0 Å². The average Bonchev–Trinajstić information content (AvgIpc) is 3.31. The number of esters is 1. The lowest BCUT2D eigenvalue weighted by Gasteiger charge is -2.28. The SMILES string of the molecule is CCCCOCCOc1ccc(-c2ccc3c(c2)C=C(C(=O)OC)CCN3CN2CN(CC)N=N2)cc1. The summed E-state index contributed by atoms with van der Waals surface area (Å²) >= 11 is 0.